The highest BCUT2D eigenvalue weighted by Crippen LogP contribution is 2.37. The first kappa shape index (κ1) is 18.5. The maximum Gasteiger partial charge on any atom is 0.270 e. The summed E-state index contributed by atoms with van der Waals surface area (Å²) in [5, 5.41) is 9.94. The molecule has 136 valence electrons. The van der Waals surface area contributed by atoms with E-state index < -0.39 is 5.56 Å². The minimum Gasteiger partial charge on any atom is -0.493 e. The second-order valence-electron chi connectivity index (χ2n) is 5.53. The van der Waals surface area contributed by atoms with Crippen LogP contribution in [0.5, 0.6) is 11.5 Å². The summed E-state index contributed by atoms with van der Waals surface area (Å²) in [5.41, 5.74) is 2.29. The molecule has 1 N–H and O–H groups in total. The number of hydrogen-bond donors (Lipinski definition) is 1. The summed E-state index contributed by atoms with van der Waals surface area (Å²) in [7, 11) is 3.15. The van der Waals surface area contributed by atoms with Gasteiger partial charge in [0.2, 0.25) is 0 Å². The summed E-state index contributed by atoms with van der Waals surface area (Å²) in [4.78, 5) is 19.4. The van der Waals surface area contributed by atoms with E-state index in [0.29, 0.717) is 27.9 Å². The largest absolute Gasteiger partial charge is 0.493 e. The molecule has 0 bridgehead atoms. The molecule has 0 aliphatic rings. The van der Waals surface area contributed by atoms with E-state index in [0.717, 1.165) is 11.1 Å². The zero-order valence-electron chi connectivity index (χ0n) is 15.1. The van der Waals surface area contributed by atoms with Crippen LogP contribution in [0.25, 0.3) is 22.4 Å². The summed E-state index contributed by atoms with van der Waals surface area (Å²) in [6.07, 6.45) is 1.81. The van der Waals surface area contributed by atoms with Crippen LogP contribution in [0.3, 0.4) is 0 Å². The van der Waals surface area contributed by atoms with Crippen LogP contribution < -0.4 is 15.0 Å². The van der Waals surface area contributed by atoms with Gasteiger partial charge < -0.3 is 14.5 Å². The molecule has 2 aromatic carbocycles. The standard InChI is InChI=1S/C20H17N3O3S/c1-25-16-9-8-12(10-17(16)26-2)13-6-4-5-7-14(13)18-15(11-21)19(24)23-20(22-18)27-3/h4-10H,1-3H3,(H,22,23,24). The highest BCUT2D eigenvalue weighted by atomic mass is 32.2. The Hall–Kier alpha value is -3.24. The number of thioether (sulfide) groups is 1. The number of methoxy groups -OCH3 is 2. The van der Waals surface area contributed by atoms with E-state index in [9.17, 15) is 10.1 Å². The van der Waals surface area contributed by atoms with Crippen molar-refractivity contribution in [3.63, 3.8) is 0 Å². The summed E-state index contributed by atoms with van der Waals surface area (Å²) in [5.74, 6) is 1.21. The van der Waals surface area contributed by atoms with Gasteiger partial charge in [0.15, 0.2) is 16.7 Å². The zero-order chi connectivity index (χ0) is 19.4. The fourth-order valence-electron chi connectivity index (χ4n) is 2.79. The molecule has 0 saturated heterocycles. The molecule has 0 aliphatic carbocycles. The summed E-state index contributed by atoms with van der Waals surface area (Å²) in [6.45, 7) is 0. The van der Waals surface area contributed by atoms with Crippen molar-refractivity contribution in [1.29, 1.82) is 5.26 Å². The van der Waals surface area contributed by atoms with Gasteiger partial charge in [-0.25, -0.2) is 4.98 Å². The van der Waals surface area contributed by atoms with Crippen molar-refractivity contribution in [3.8, 4) is 40.0 Å². The second kappa shape index (κ2) is 7.98. The van der Waals surface area contributed by atoms with E-state index in [1.807, 2.05) is 54.8 Å². The van der Waals surface area contributed by atoms with Gasteiger partial charge in [-0.05, 0) is 29.5 Å². The molecule has 1 heterocycles. The monoisotopic (exact) mass is 379 g/mol. The van der Waals surface area contributed by atoms with Crippen molar-refractivity contribution < 1.29 is 9.47 Å². The minimum absolute atomic E-state index is 0.0132. The molecule has 3 rings (SSSR count). The van der Waals surface area contributed by atoms with E-state index in [-0.39, 0.29) is 5.56 Å². The van der Waals surface area contributed by atoms with Crippen LogP contribution in [0.1, 0.15) is 5.56 Å². The van der Waals surface area contributed by atoms with Crippen LogP contribution in [0.4, 0.5) is 0 Å². The third-order valence-electron chi connectivity index (χ3n) is 4.08. The number of H-pyrrole nitrogens is 1. The lowest BCUT2D eigenvalue weighted by atomic mass is 9.95. The molecular formula is C20H17N3O3S. The SMILES string of the molecule is COc1ccc(-c2ccccc2-c2nc(SC)[nH]c(=O)c2C#N)cc1OC. The number of benzene rings is 2. The smallest absolute Gasteiger partial charge is 0.270 e. The Morgan fingerprint density at radius 3 is 2.41 bits per heavy atom. The number of hydrogen-bond acceptors (Lipinski definition) is 6. The van der Waals surface area contributed by atoms with Gasteiger partial charge in [-0.15, -0.1) is 0 Å². The Bertz CT molecular complexity index is 1090. The predicted molar refractivity (Wildman–Crippen MR) is 105 cm³/mol. The van der Waals surface area contributed by atoms with Crippen LogP contribution in [-0.2, 0) is 0 Å². The first-order valence-electron chi connectivity index (χ1n) is 8.03. The Morgan fingerprint density at radius 2 is 1.78 bits per heavy atom. The van der Waals surface area contributed by atoms with Crippen molar-refractivity contribution in [2.24, 2.45) is 0 Å². The summed E-state index contributed by atoms with van der Waals surface area (Å²) >= 11 is 1.31. The van der Waals surface area contributed by atoms with Crippen LogP contribution in [0.2, 0.25) is 0 Å². The van der Waals surface area contributed by atoms with Gasteiger partial charge in [-0.1, -0.05) is 42.1 Å². The summed E-state index contributed by atoms with van der Waals surface area (Å²) < 4.78 is 10.7. The van der Waals surface area contributed by atoms with Gasteiger partial charge in [-0.3, -0.25) is 4.79 Å². The number of ether oxygens (including phenoxy) is 2. The Morgan fingerprint density at radius 1 is 1.07 bits per heavy atom. The lowest BCUT2D eigenvalue weighted by Crippen LogP contribution is -2.14. The van der Waals surface area contributed by atoms with E-state index in [1.54, 1.807) is 14.2 Å². The average Bonchev–Trinajstić information content (AvgIpc) is 2.72. The molecule has 3 aromatic rings. The molecule has 27 heavy (non-hydrogen) atoms. The van der Waals surface area contributed by atoms with E-state index in [1.165, 1.54) is 11.8 Å². The maximum atomic E-state index is 12.3. The van der Waals surface area contributed by atoms with Crippen molar-refractivity contribution >= 4 is 11.8 Å². The molecule has 0 unspecified atom stereocenters. The first-order chi connectivity index (χ1) is 13.1. The summed E-state index contributed by atoms with van der Waals surface area (Å²) in [6, 6.07) is 15.0. The number of nitriles is 1. The molecule has 7 heteroatoms. The van der Waals surface area contributed by atoms with Gasteiger partial charge in [0, 0.05) is 5.56 Å². The van der Waals surface area contributed by atoms with E-state index in [4.69, 9.17) is 9.47 Å². The lowest BCUT2D eigenvalue weighted by Gasteiger charge is -2.13. The highest BCUT2D eigenvalue weighted by molar-refractivity contribution is 7.98. The quantitative estimate of drug-likeness (QED) is 0.537. The molecule has 0 saturated carbocycles. The predicted octanol–water partition coefficient (Wildman–Crippen LogP) is 3.71. The van der Waals surface area contributed by atoms with Gasteiger partial charge in [0.1, 0.15) is 11.6 Å². The van der Waals surface area contributed by atoms with Crippen molar-refractivity contribution in [3.05, 3.63) is 58.4 Å². The van der Waals surface area contributed by atoms with Gasteiger partial charge in [0.25, 0.3) is 5.56 Å². The minimum atomic E-state index is -0.450. The molecule has 0 amide bonds. The van der Waals surface area contributed by atoms with Crippen LogP contribution in [0.15, 0.2) is 52.4 Å². The first-order valence-corrected chi connectivity index (χ1v) is 9.25. The van der Waals surface area contributed by atoms with E-state index in [2.05, 4.69) is 9.97 Å². The third kappa shape index (κ3) is 3.52. The van der Waals surface area contributed by atoms with Gasteiger partial charge in [-0.2, -0.15) is 5.26 Å². The van der Waals surface area contributed by atoms with Crippen molar-refractivity contribution in [2.75, 3.05) is 20.5 Å². The third-order valence-corrected chi connectivity index (χ3v) is 4.66. The number of aromatic nitrogens is 2. The van der Waals surface area contributed by atoms with E-state index >= 15 is 0 Å². The maximum absolute atomic E-state index is 12.3. The number of nitrogens with one attached hydrogen (secondary N) is 1. The van der Waals surface area contributed by atoms with Gasteiger partial charge in [0.05, 0.1) is 19.9 Å². The lowest BCUT2D eigenvalue weighted by molar-refractivity contribution is 0.355. The Labute approximate surface area is 160 Å². The average molecular weight is 379 g/mol. The molecule has 0 aliphatic heterocycles. The molecule has 0 fully saturated rings. The number of aromatic amines is 1. The van der Waals surface area contributed by atoms with Crippen molar-refractivity contribution in [2.45, 2.75) is 5.16 Å². The Balaban J connectivity index is 2.27. The normalized spacial score (nSPS) is 10.3. The molecule has 0 spiro atoms. The van der Waals surface area contributed by atoms with Crippen LogP contribution in [0, 0.1) is 11.3 Å². The topological polar surface area (TPSA) is 88.0 Å². The molecular weight excluding hydrogens is 362 g/mol. The van der Waals surface area contributed by atoms with Crippen LogP contribution in [-0.4, -0.2) is 30.4 Å². The fourth-order valence-corrected chi connectivity index (χ4v) is 3.17. The number of nitrogens with zero attached hydrogens (tertiary/aromatic N) is 2. The van der Waals surface area contributed by atoms with Crippen LogP contribution >= 0.6 is 11.8 Å². The molecule has 0 radical (unpaired) electrons. The van der Waals surface area contributed by atoms with Crippen molar-refractivity contribution in [1.82, 2.24) is 9.97 Å². The highest BCUT2D eigenvalue weighted by Gasteiger charge is 2.17. The molecule has 1 aromatic heterocycles. The molecule has 0 atom stereocenters. The zero-order valence-corrected chi connectivity index (χ0v) is 15.9. The molecule has 6 nitrogen and oxygen atoms in total. The fraction of sp³-hybridized carbons (Fsp3) is 0.150. The number of rotatable bonds is 5. The second-order valence-corrected chi connectivity index (χ2v) is 6.32. The Kier molecular flexibility index (Phi) is 5.48. The van der Waals surface area contributed by atoms with Gasteiger partial charge >= 0.3 is 0 Å².